The number of amides is 2. The van der Waals surface area contributed by atoms with Gasteiger partial charge in [-0.3, -0.25) is 4.79 Å². The summed E-state index contributed by atoms with van der Waals surface area (Å²) in [5, 5.41) is 3.42. The molecule has 132 valence electrons. The van der Waals surface area contributed by atoms with Crippen LogP contribution in [-0.2, 0) is 14.3 Å². The van der Waals surface area contributed by atoms with E-state index in [1.54, 1.807) is 36.1 Å². The largest absolute Gasteiger partial charge is 0.466 e. The Kier molecular flexibility index (Phi) is 7.34. The van der Waals surface area contributed by atoms with Crippen LogP contribution >= 0.6 is 11.6 Å². The lowest BCUT2D eigenvalue weighted by molar-refractivity contribution is -0.143. The quantitative estimate of drug-likeness (QED) is 0.763. The van der Waals surface area contributed by atoms with Gasteiger partial charge >= 0.3 is 12.0 Å². The number of esters is 1. The first-order chi connectivity index (χ1) is 11.6. The molecule has 0 aliphatic carbocycles. The first kappa shape index (κ1) is 18.5. The number of nitrogens with one attached hydrogen (secondary N) is 1. The average molecular weight is 355 g/mol. The monoisotopic (exact) mass is 354 g/mol. The Balaban J connectivity index is 1.95. The van der Waals surface area contributed by atoms with E-state index in [2.05, 4.69) is 5.32 Å². The van der Waals surface area contributed by atoms with Crippen LogP contribution in [0.5, 0.6) is 0 Å². The third-order valence-corrected chi connectivity index (χ3v) is 3.97. The molecule has 1 unspecified atom stereocenters. The topological polar surface area (TPSA) is 67.9 Å². The SMILES string of the molecule is CCOC(=O)CCN(CC1CCCO1)C(=O)Nc1ccc(Cl)cc1. The van der Waals surface area contributed by atoms with Gasteiger partial charge in [0.2, 0.25) is 0 Å². The summed E-state index contributed by atoms with van der Waals surface area (Å²) in [5.41, 5.74) is 0.651. The molecule has 1 heterocycles. The third kappa shape index (κ3) is 6.02. The minimum Gasteiger partial charge on any atom is -0.466 e. The van der Waals surface area contributed by atoms with Crippen molar-refractivity contribution < 1.29 is 19.1 Å². The van der Waals surface area contributed by atoms with Crippen LogP contribution in [0.15, 0.2) is 24.3 Å². The molecule has 1 aliphatic rings. The Bertz CT molecular complexity index is 544. The molecule has 1 aromatic rings. The maximum absolute atomic E-state index is 12.5. The number of halogens is 1. The number of carbonyl (C=O) groups excluding carboxylic acids is 2. The number of benzene rings is 1. The molecule has 24 heavy (non-hydrogen) atoms. The minimum atomic E-state index is -0.311. The van der Waals surface area contributed by atoms with Crippen LogP contribution in [0.2, 0.25) is 5.02 Å². The van der Waals surface area contributed by atoms with E-state index in [1.165, 1.54) is 0 Å². The molecule has 0 radical (unpaired) electrons. The van der Waals surface area contributed by atoms with E-state index in [1.807, 2.05) is 0 Å². The summed E-state index contributed by atoms with van der Waals surface area (Å²) < 4.78 is 10.5. The number of hydrogen-bond donors (Lipinski definition) is 1. The molecule has 1 fully saturated rings. The fourth-order valence-corrected chi connectivity index (χ4v) is 2.63. The molecule has 0 saturated carbocycles. The first-order valence-electron chi connectivity index (χ1n) is 8.17. The zero-order chi connectivity index (χ0) is 17.4. The van der Waals surface area contributed by atoms with Crippen LogP contribution < -0.4 is 5.32 Å². The number of anilines is 1. The molecule has 1 saturated heterocycles. The normalized spacial score (nSPS) is 16.7. The Morgan fingerprint density at radius 1 is 1.38 bits per heavy atom. The zero-order valence-electron chi connectivity index (χ0n) is 13.8. The molecule has 1 aliphatic heterocycles. The van der Waals surface area contributed by atoms with Gasteiger partial charge in [0, 0.05) is 30.4 Å². The fraction of sp³-hybridized carbons (Fsp3) is 0.529. The van der Waals surface area contributed by atoms with Gasteiger partial charge in [0.1, 0.15) is 0 Å². The molecule has 2 amide bonds. The van der Waals surface area contributed by atoms with Gasteiger partial charge in [-0.2, -0.15) is 0 Å². The second-order valence-corrected chi connectivity index (χ2v) is 6.01. The third-order valence-electron chi connectivity index (χ3n) is 3.72. The van der Waals surface area contributed by atoms with Gasteiger partial charge < -0.3 is 19.7 Å². The summed E-state index contributed by atoms with van der Waals surface area (Å²) in [7, 11) is 0. The zero-order valence-corrected chi connectivity index (χ0v) is 14.6. The number of carbonyl (C=O) groups is 2. The van der Waals surface area contributed by atoms with E-state index in [9.17, 15) is 9.59 Å². The number of nitrogens with zero attached hydrogens (tertiary/aromatic N) is 1. The van der Waals surface area contributed by atoms with Crippen molar-refractivity contribution in [2.24, 2.45) is 0 Å². The van der Waals surface area contributed by atoms with Gasteiger partial charge in [0.05, 0.1) is 19.1 Å². The minimum absolute atomic E-state index is 0.0168. The molecule has 2 rings (SSSR count). The van der Waals surface area contributed by atoms with E-state index < -0.39 is 0 Å². The highest BCUT2D eigenvalue weighted by molar-refractivity contribution is 6.30. The lowest BCUT2D eigenvalue weighted by atomic mass is 10.2. The Morgan fingerprint density at radius 3 is 2.75 bits per heavy atom. The van der Waals surface area contributed by atoms with E-state index in [0.717, 1.165) is 19.4 Å². The Hall–Kier alpha value is -1.79. The molecule has 0 aromatic heterocycles. The summed E-state index contributed by atoms with van der Waals surface area (Å²) in [6, 6.07) is 6.61. The van der Waals surface area contributed by atoms with Crippen molar-refractivity contribution in [3.8, 4) is 0 Å². The summed E-state index contributed by atoms with van der Waals surface area (Å²) in [5.74, 6) is -0.311. The predicted molar refractivity (Wildman–Crippen MR) is 92.3 cm³/mol. The number of hydrogen-bond acceptors (Lipinski definition) is 4. The van der Waals surface area contributed by atoms with Crippen LogP contribution in [0.25, 0.3) is 0 Å². The molecule has 6 nitrogen and oxygen atoms in total. The van der Waals surface area contributed by atoms with Crippen molar-refractivity contribution in [1.29, 1.82) is 0 Å². The predicted octanol–water partition coefficient (Wildman–Crippen LogP) is 3.31. The second-order valence-electron chi connectivity index (χ2n) is 5.57. The molecule has 7 heteroatoms. The highest BCUT2D eigenvalue weighted by Gasteiger charge is 2.23. The van der Waals surface area contributed by atoms with Gasteiger partial charge in [-0.25, -0.2) is 4.79 Å². The van der Waals surface area contributed by atoms with Crippen molar-refractivity contribution in [2.45, 2.75) is 32.3 Å². The molecule has 1 atom stereocenters. The van der Waals surface area contributed by atoms with E-state index >= 15 is 0 Å². The van der Waals surface area contributed by atoms with Crippen molar-refractivity contribution in [3.63, 3.8) is 0 Å². The fourth-order valence-electron chi connectivity index (χ4n) is 2.51. The van der Waals surface area contributed by atoms with Crippen LogP contribution in [0, 0.1) is 0 Å². The maximum Gasteiger partial charge on any atom is 0.321 e. The smallest absolute Gasteiger partial charge is 0.321 e. The van der Waals surface area contributed by atoms with Crippen LogP contribution in [-0.4, -0.2) is 49.3 Å². The molecule has 0 bridgehead atoms. The van der Waals surface area contributed by atoms with Crippen molar-refractivity contribution >= 4 is 29.3 Å². The van der Waals surface area contributed by atoms with Crippen molar-refractivity contribution in [1.82, 2.24) is 4.90 Å². The molecule has 1 N–H and O–H groups in total. The number of rotatable bonds is 7. The molecule has 0 spiro atoms. The van der Waals surface area contributed by atoms with E-state index in [4.69, 9.17) is 21.1 Å². The van der Waals surface area contributed by atoms with E-state index in [-0.39, 0.29) is 31.1 Å². The van der Waals surface area contributed by atoms with Gasteiger partial charge in [-0.15, -0.1) is 0 Å². The lowest BCUT2D eigenvalue weighted by Crippen LogP contribution is -2.41. The van der Waals surface area contributed by atoms with Gasteiger partial charge in [-0.1, -0.05) is 11.6 Å². The molecular weight excluding hydrogens is 332 g/mol. The first-order valence-corrected chi connectivity index (χ1v) is 8.55. The summed E-state index contributed by atoms with van der Waals surface area (Å²) in [6.45, 7) is 3.56. The highest BCUT2D eigenvalue weighted by Crippen LogP contribution is 2.16. The average Bonchev–Trinajstić information content (AvgIpc) is 3.07. The molecule has 1 aromatic carbocycles. The Morgan fingerprint density at radius 2 is 2.12 bits per heavy atom. The van der Waals surface area contributed by atoms with E-state index in [0.29, 0.717) is 23.9 Å². The number of urea groups is 1. The van der Waals surface area contributed by atoms with Crippen LogP contribution in [0.3, 0.4) is 0 Å². The van der Waals surface area contributed by atoms with Gasteiger partial charge in [0.15, 0.2) is 0 Å². The Labute approximate surface area is 147 Å². The van der Waals surface area contributed by atoms with Crippen molar-refractivity contribution in [2.75, 3.05) is 31.6 Å². The van der Waals surface area contributed by atoms with Crippen LogP contribution in [0.4, 0.5) is 10.5 Å². The van der Waals surface area contributed by atoms with Crippen LogP contribution in [0.1, 0.15) is 26.2 Å². The number of ether oxygens (including phenoxy) is 2. The van der Waals surface area contributed by atoms with Gasteiger partial charge in [0.25, 0.3) is 0 Å². The summed E-state index contributed by atoms with van der Waals surface area (Å²) in [4.78, 5) is 25.7. The second kappa shape index (κ2) is 9.49. The maximum atomic E-state index is 12.5. The summed E-state index contributed by atoms with van der Waals surface area (Å²) in [6.07, 6.45) is 2.09. The highest BCUT2D eigenvalue weighted by atomic mass is 35.5. The standard InChI is InChI=1S/C17H23ClN2O4/c1-2-23-16(21)9-10-20(12-15-4-3-11-24-15)17(22)19-14-7-5-13(18)6-8-14/h5-8,15H,2-4,9-12H2,1H3,(H,19,22). The van der Waals surface area contributed by atoms with Crippen molar-refractivity contribution in [3.05, 3.63) is 29.3 Å². The lowest BCUT2D eigenvalue weighted by Gasteiger charge is -2.25. The van der Waals surface area contributed by atoms with Gasteiger partial charge in [-0.05, 0) is 44.0 Å². The summed E-state index contributed by atoms with van der Waals surface area (Å²) >= 11 is 5.85. The molecular formula is C17H23ClN2O4.